The van der Waals surface area contributed by atoms with E-state index >= 15 is 0 Å². The molecule has 3 aromatic rings. The Bertz CT molecular complexity index is 770. The number of halogens is 1. The van der Waals surface area contributed by atoms with Crippen LogP contribution in [0.3, 0.4) is 0 Å². The molecule has 1 aromatic heterocycles. The first-order chi connectivity index (χ1) is 9.58. The van der Waals surface area contributed by atoms with E-state index in [1.54, 1.807) is 0 Å². The number of imidazole rings is 1. The molecule has 3 rings (SSSR count). The van der Waals surface area contributed by atoms with Crippen LogP contribution in [0.2, 0.25) is 5.02 Å². The molecule has 102 valence electrons. The van der Waals surface area contributed by atoms with E-state index < -0.39 is 0 Å². The van der Waals surface area contributed by atoms with Crippen molar-refractivity contribution in [2.75, 3.05) is 0 Å². The zero-order valence-electron chi connectivity index (χ0n) is 11.5. The summed E-state index contributed by atoms with van der Waals surface area (Å²) in [5.41, 5.74) is 11.0. The highest BCUT2D eigenvalue weighted by molar-refractivity contribution is 6.30. The molecule has 1 heterocycles. The number of rotatable bonds is 2. The van der Waals surface area contributed by atoms with Gasteiger partial charge in [0.15, 0.2) is 0 Å². The Kier molecular flexibility index (Phi) is 3.24. The average Bonchev–Trinajstić information content (AvgIpc) is 2.74. The van der Waals surface area contributed by atoms with Gasteiger partial charge in [-0.25, -0.2) is 4.98 Å². The van der Waals surface area contributed by atoms with Crippen molar-refractivity contribution in [3.8, 4) is 11.4 Å². The first-order valence-electron chi connectivity index (χ1n) is 6.51. The number of fused-ring (bicyclic) bond motifs is 1. The fourth-order valence-corrected chi connectivity index (χ4v) is 2.78. The Labute approximate surface area is 123 Å². The van der Waals surface area contributed by atoms with Crippen LogP contribution in [-0.2, 0) is 13.6 Å². The second-order valence-corrected chi connectivity index (χ2v) is 5.48. The van der Waals surface area contributed by atoms with Crippen LogP contribution in [0.1, 0.15) is 11.1 Å². The molecule has 0 amide bonds. The summed E-state index contributed by atoms with van der Waals surface area (Å²) >= 11 is 6.15. The van der Waals surface area contributed by atoms with Crippen LogP contribution in [0.5, 0.6) is 0 Å². The number of aryl methyl sites for hydroxylation is 2. The van der Waals surface area contributed by atoms with Crippen molar-refractivity contribution in [3.63, 3.8) is 0 Å². The van der Waals surface area contributed by atoms with E-state index in [4.69, 9.17) is 22.3 Å². The van der Waals surface area contributed by atoms with Crippen LogP contribution in [0.15, 0.2) is 36.4 Å². The number of nitrogens with zero attached hydrogens (tertiary/aromatic N) is 2. The Morgan fingerprint density at radius 3 is 2.70 bits per heavy atom. The molecule has 0 atom stereocenters. The number of nitrogens with two attached hydrogens (primary N) is 1. The third-order valence-corrected chi connectivity index (χ3v) is 3.70. The van der Waals surface area contributed by atoms with Gasteiger partial charge in [-0.05, 0) is 48.4 Å². The average molecular weight is 286 g/mol. The monoisotopic (exact) mass is 285 g/mol. The highest BCUT2D eigenvalue weighted by Crippen LogP contribution is 2.27. The molecule has 0 spiro atoms. The highest BCUT2D eigenvalue weighted by atomic mass is 35.5. The molecule has 3 nitrogen and oxygen atoms in total. The van der Waals surface area contributed by atoms with Crippen LogP contribution in [0, 0.1) is 6.92 Å². The van der Waals surface area contributed by atoms with Gasteiger partial charge < -0.3 is 10.3 Å². The molecular weight excluding hydrogens is 270 g/mol. The SMILES string of the molecule is Cc1cc(Cl)cc(-c2nc3ccc(CN)cc3n2C)c1. The molecule has 0 bridgehead atoms. The van der Waals surface area contributed by atoms with E-state index in [0.29, 0.717) is 6.54 Å². The van der Waals surface area contributed by atoms with Crippen LogP contribution in [-0.4, -0.2) is 9.55 Å². The number of aromatic nitrogens is 2. The van der Waals surface area contributed by atoms with E-state index in [1.807, 2.05) is 38.2 Å². The summed E-state index contributed by atoms with van der Waals surface area (Å²) in [6.45, 7) is 2.57. The Morgan fingerprint density at radius 2 is 2.00 bits per heavy atom. The Morgan fingerprint density at radius 1 is 1.20 bits per heavy atom. The van der Waals surface area contributed by atoms with Gasteiger partial charge in [-0.2, -0.15) is 0 Å². The third-order valence-electron chi connectivity index (χ3n) is 3.48. The maximum absolute atomic E-state index is 6.15. The van der Waals surface area contributed by atoms with Gasteiger partial charge in [-0.1, -0.05) is 17.7 Å². The third kappa shape index (κ3) is 2.19. The van der Waals surface area contributed by atoms with Crippen molar-refractivity contribution in [2.24, 2.45) is 12.8 Å². The van der Waals surface area contributed by atoms with Crippen molar-refractivity contribution in [1.29, 1.82) is 0 Å². The van der Waals surface area contributed by atoms with Gasteiger partial charge in [0.1, 0.15) is 5.82 Å². The lowest BCUT2D eigenvalue weighted by Crippen LogP contribution is -1.97. The van der Waals surface area contributed by atoms with Crippen molar-refractivity contribution >= 4 is 22.6 Å². The van der Waals surface area contributed by atoms with Crippen molar-refractivity contribution in [1.82, 2.24) is 9.55 Å². The summed E-state index contributed by atoms with van der Waals surface area (Å²) in [4.78, 5) is 4.70. The summed E-state index contributed by atoms with van der Waals surface area (Å²) in [5.74, 6) is 0.916. The normalized spacial score (nSPS) is 11.2. The van der Waals surface area contributed by atoms with Crippen LogP contribution in [0.4, 0.5) is 0 Å². The number of benzene rings is 2. The predicted octanol–water partition coefficient (Wildman–Crippen LogP) is 3.66. The fraction of sp³-hybridized carbons (Fsp3) is 0.188. The standard InChI is InChI=1S/C16H16ClN3/c1-10-5-12(8-13(17)6-10)16-19-14-4-3-11(9-18)7-15(14)20(16)2/h3-8H,9,18H2,1-2H3. The van der Waals surface area contributed by atoms with Gasteiger partial charge >= 0.3 is 0 Å². The molecule has 0 saturated carbocycles. The fourth-order valence-electron chi connectivity index (χ4n) is 2.49. The lowest BCUT2D eigenvalue weighted by atomic mass is 10.1. The molecular formula is C16H16ClN3. The van der Waals surface area contributed by atoms with E-state index in [0.717, 1.165) is 38.6 Å². The molecule has 20 heavy (non-hydrogen) atoms. The van der Waals surface area contributed by atoms with Crippen LogP contribution >= 0.6 is 11.6 Å². The van der Waals surface area contributed by atoms with Gasteiger partial charge in [0.2, 0.25) is 0 Å². The minimum atomic E-state index is 0.534. The molecule has 0 aliphatic heterocycles. The van der Waals surface area contributed by atoms with Crippen molar-refractivity contribution < 1.29 is 0 Å². The molecule has 2 N–H and O–H groups in total. The second kappa shape index (κ2) is 4.93. The van der Waals surface area contributed by atoms with E-state index in [1.165, 1.54) is 0 Å². The number of hydrogen-bond donors (Lipinski definition) is 1. The zero-order chi connectivity index (χ0) is 14.3. The van der Waals surface area contributed by atoms with E-state index in [2.05, 4.69) is 16.7 Å². The van der Waals surface area contributed by atoms with Crippen LogP contribution < -0.4 is 5.73 Å². The first-order valence-corrected chi connectivity index (χ1v) is 6.89. The van der Waals surface area contributed by atoms with Gasteiger partial charge in [0.25, 0.3) is 0 Å². The first kappa shape index (κ1) is 13.2. The lowest BCUT2D eigenvalue weighted by molar-refractivity contribution is 0.956. The molecule has 0 fully saturated rings. The van der Waals surface area contributed by atoms with E-state index in [9.17, 15) is 0 Å². The minimum Gasteiger partial charge on any atom is -0.327 e. The summed E-state index contributed by atoms with van der Waals surface area (Å²) in [7, 11) is 2.02. The maximum atomic E-state index is 6.15. The Hall–Kier alpha value is -1.84. The summed E-state index contributed by atoms with van der Waals surface area (Å²) in [5, 5.41) is 0.731. The summed E-state index contributed by atoms with van der Waals surface area (Å²) < 4.78 is 2.08. The Balaban J connectivity index is 2.23. The molecule has 0 unspecified atom stereocenters. The van der Waals surface area contributed by atoms with Gasteiger partial charge in [0.05, 0.1) is 11.0 Å². The number of hydrogen-bond acceptors (Lipinski definition) is 2. The smallest absolute Gasteiger partial charge is 0.140 e. The summed E-state index contributed by atoms with van der Waals surface area (Å²) in [6.07, 6.45) is 0. The van der Waals surface area contributed by atoms with Gasteiger partial charge in [0, 0.05) is 24.2 Å². The topological polar surface area (TPSA) is 43.8 Å². The van der Waals surface area contributed by atoms with Gasteiger partial charge in [-0.15, -0.1) is 0 Å². The molecule has 0 saturated heterocycles. The lowest BCUT2D eigenvalue weighted by Gasteiger charge is -2.05. The highest BCUT2D eigenvalue weighted by Gasteiger charge is 2.11. The summed E-state index contributed by atoms with van der Waals surface area (Å²) in [6, 6.07) is 12.1. The molecule has 0 radical (unpaired) electrons. The van der Waals surface area contributed by atoms with E-state index in [-0.39, 0.29) is 0 Å². The van der Waals surface area contributed by atoms with Crippen LogP contribution in [0.25, 0.3) is 22.4 Å². The maximum Gasteiger partial charge on any atom is 0.140 e. The van der Waals surface area contributed by atoms with Crippen molar-refractivity contribution in [3.05, 3.63) is 52.5 Å². The molecule has 4 heteroatoms. The molecule has 0 aliphatic carbocycles. The molecule has 0 aliphatic rings. The predicted molar refractivity (Wildman–Crippen MR) is 83.8 cm³/mol. The second-order valence-electron chi connectivity index (χ2n) is 5.04. The minimum absolute atomic E-state index is 0.534. The quantitative estimate of drug-likeness (QED) is 0.781. The zero-order valence-corrected chi connectivity index (χ0v) is 12.3. The molecule has 2 aromatic carbocycles. The van der Waals surface area contributed by atoms with Crippen molar-refractivity contribution in [2.45, 2.75) is 13.5 Å². The largest absolute Gasteiger partial charge is 0.327 e. The van der Waals surface area contributed by atoms with Gasteiger partial charge in [-0.3, -0.25) is 0 Å².